The number of carbonyl (C=O) groups is 1. The molecule has 0 N–H and O–H groups in total. The number of ketones is 1. The average Bonchev–Trinajstić information content (AvgIpc) is 2.21. The Morgan fingerprint density at radius 3 is 2.71 bits per heavy atom. The van der Waals surface area contributed by atoms with Gasteiger partial charge in [-0.1, -0.05) is 42.5 Å². The molecular weight excluding hydrogens is 172 g/mol. The van der Waals surface area contributed by atoms with E-state index in [2.05, 4.69) is 6.08 Å². The minimum Gasteiger partial charge on any atom is -0.295 e. The lowest BCUT2D eigenvalue weighted by atomic mass is 9.95. The van der Waals surface area contributed by atoms with Gasteiger partial charge in [-0.3, -0.25) is 4.79 Å². The maximum absolute atomic E-state index is 10.9. The zero-order chi connectivity index (χ0) is 10.2. The second kappa shape index (κ2) is 6.14. The van der Waals surface area contributed by atoms with E-state index in [0.717, 1.165) is 6.42 Å². The Morgan fingerprint density at radius 2 is 2.07 bits per heavy atom. The van der Waals surface area contributed by atoms with Crippen LogP contribution >= 0.6 is 0 Å². The molecule has 0 aromatic heterocycles. The van der Waals surface area contributed by atoms with Gasteiger partial charge < -0.3 is 0 Å². The quantitative estimate of drug-likeness (QED) is 0.621. The molecule has 0 spiro atoms. The molecule has 1 aliphatic rings. The number of hydrogen-bond acceptors (Lipinski definition) is 1. The van der Waals surface area contributed by atoms with Crippen LogP contribution in [0.25, 0.3) is 0 Å². The van der Waals surface area contributed by atoms with Crippen molar-refractivity contribution in [1.82, 2.24) is 0 Å². The fourth-order valence-electron chi connectivity index (χ4n) is 1.33. The molecule has 0 aromatic carbocycles. The van der Waals surface area contributed by atoms with Crippen LogP contribution in [0.5, 0.6) is 0 Å². The van der Waals surface area contributed by atoms with Gasteiger partial charge in [0.15, 0.2) is 5.78 Å². The lowest BCUT2D eigenvalue weighted by molar-refractivity contribution is -0.115. The van der Waals surface area contributed by atoms with Crippen molar-refractivity contribution in [1.29, 1.82) is 0 Å². The largest absolute Gasteiger partial charge is 0.295 e. The third-order valence-electron chi connectivity index (χ3n) is 2.14. The SMILES string of the molecule is C\C=C/C=C/C=C/C1C=CC(=O)CC1. The minimum atomic E-state index is 0.249. The predicted octanol–water partition coefficient (Wildman–Crippen LogP) is 3.21. The highest BCUT2D eigenvalue weighted by molar-refractivity contribution is 5.90. The molecule has 0 saturated heterocycles. The summed E-state index contributed by atoms with van der Waals surface area (Å²) in [6.45, 7) is 1.99. The maximum atomic E-state index is 10.9. The summed E-state index contributed by atoms with van der Waals surface area (Å²) in [7, 11) is 0. The van der Waals surface area contributed by atoms with Crippen molar-refractivity contribution in [3.63, 3.8) is 0 Å². The van der Waals surface area contributed by atoms with Gasteiger partial charge in [-0.05, 0) is 25.3 Å². The second-order valence-corrected chi connectivity index (χ2v) is 3.32. The van der Waals surface area contributed by atoms with E-state index in [1.807, 2.05) is 43.4 Å². The molecule has 0 aromatic rings. The molecule has 0 bridgehead atoms. The monoisotopic (exact) mass is 188 g/mol. The van der Waals surface area contributed by atoms with Crippen LogP contribution in [-0.4, -0.2) is 5.78 Å². The van der Waals surface area contributed by atoms with Gasteiger partial charge in [0, 0.05) is 6.42 Å². The first kappa shape index (κ1) is 10.7. The van der Waals surface area contributed by atoms with Gasteiger partial charge in [0.25, 0.3) is 0 Å². The molecule has 1 atom stereocenters. The maximum Gasteiger partial charge on any atom is 0.155 e. The van der Waals surface area contributed by atoms with E-state index in [-0.39, 0.29) is 5.78 Å². The summed E-state index contributed by atoms with van der Waals surface area (Å²) in [5.41, 5.74) is 0. The zero-order valence-electron chi connectivity index (χ0n) is 8.52. The van der Waals surface area contributed by atoms with E-state index in [9.17, 15) is 4.79 Å². The third-order valence-corrected chi connectivity index (χ3v) is 2.14. The fourth-order valence-corrected chi connectivity index (χ4v) is 1.33. The first-order valence-corrected chi connectivity index (χ1v) is 5.00. The van der Waals surface area contributed by atoms with Gasteiger partial charge in [0.2, 0.25) is 0 Å². The summed E-state index contributed by atoms with van der Waals surface area (Å²) in [5.74, 6) is 0.682. The van der Waals surface area contributed by atoms with Crippen molar-refractivity contribution in [3.05, 3.63) is 48.6 Å². The van der Waals surface area contributed by atoms with Crippen LogP contribution in [0.2, 0.25) is 0 Å². The Morgan fingerprint density at radius 1 is 1.29 bits per heavy atom. The van der Waals surface area contributed by atoms with Gasteiger partial charge in [0.05, 0.1) is 0 Å². The van der Waals surface area contributed by atoms with E-state index in [0.29, 0.717) is 12.3 Å². The molecule has 14 heavy (non-hydrogen) atoms. The highest BCUT2D eigenvalue weighted by Crippen LogP contribution is 2.15. The molecule has 1 nitrogen and oxygen atoms in total. The number of rotatable bonds is 3. The standard InChI is InChI=1S/C13H16O/c1-2-3-4-5-6-7-12-8-10-13(14)11-9-12/h2-8,10,12H,9,11H2,1H3/b3-2-,5-4+,7-6+. The number of hydrogen-bond donors (Lipinski definition) is 0. The molecule has 0 saturated carbocycles. The Kier molecular flexibility index (Phi) is 4.70. The van der Waals surface area contributed by atoms with Gasteiger partial charge >= 0.3 is 0 Å². The van der Waals surface area contributed by atoms with Crippen LogP contribution < -0.4 is 0 Å². The van der Waals surface area contributed by atoms with Crippen molar-refractivity contribution < 1.29 is 4.79 Å². The summed E-state index contributed by atoms with van der Waals surface area (Å²) in [6, 6.07) is 0. The van der Waals surface area contributed by atoms with Crippen LogP contribution in [0.3, 0.4) is 0 Å². The summed E-state index contributed by atoms with van der Waals surface area (Å²) in [4.78, 5) is 10.9. The Hall–Kier alpha value is -1.37. The highest BCUT2D eigenvalue weighted by Gasteiger charge is 2.08. The Bertz CT molecular complexity index is 292. The molecule has 1 aliphatic carbocycles. The molecule has 74 valence electrons. The van der Waals surface area contributed by atoms with Gasteiger partial charge in [-0.15, -0.1) is 0 Å². The van der Waals surface area contributed by atoms with Crippen molar-refractivity contribution in [3.8, 4) is 0 Å². The van der Waals surface area contributed by atoms with Gasteiger partial charge in [0.1, 0.15) is 0 Å². The number of allylic oxidation sites excluding steroid dienone is 8. The molecule has 1 rings (SSSR count). The summed E-state index contributed by atoms with van der Waals surface area (Å²) in [5, 5.41) is 0. The van der Waals surface area contributed by atoms with E-state index in [1.54, 1.807) is 6.08 Å². The molecule has 1 heteroatoms. The minimum absolute atomic E-state index is 0.249. The molecule has 0 aliphatic heterocycles. The normalized spacial score (nSPS) is 23.2. The van der Waals surface area contributed by atoms with Crippen LogP contribution in [-0.2, 0) is 4.79 Å². The smallest absolute Gasteiger partial charge is 0.155 e. The lowest BCUT2D eigenvalue weighted by Gasteiger charge is -2.09. The average molecular weight is 188 g/mol. The van der Waals surface area contributed by atoms with E-state index >= 15 is 0 Å². The van der Waals surface area contributed by atoms with Crippen LogP contribution in [0.1, 0.15) is 19.8 Å². The van der Waals surface area contributed by atoms with Gasteiger partial charge in [-0.2, -0.15) is 0 Å². The Labute approximate surface area is 85.5 Å². The summed E-state index contributed by atoms with van der Waals surface area (Å²) >= 11 is 0. The molecule has 0 radical (unpaired) electrons. The zero-order valence-corrected chi connectivity index (χ0v) is 8.52. The van der Waals surface area contributed by atoms with Crippen LogP contribution in [0.4, 0.5) is 0 Å². The highest BCUT2D eigenvalue weighted by atomic mass is 16.1. The van der Waals surface area contributed by atoms with Crippen molar-refractivity contribution >= 4 is 5.78 Å². The first-order chi connectivity index (χ1) is 6.83. The topological polar surface area (TPSA) is 17.1 Å². The van der Waals surface area contributed by atoms with Crippen LogP contribution in [0.15, 0.2) is 48.6 Å². The summed E-state index contributed by atoms with van der Waals surface area (Å²) in [6.07, 6.45) is 17.4. The van der Waals surface area contributed by atoms with Gasteiger partial charge in [-0.25, -0.2) is 0 Å². The third kappa shape index (κ3) is 4.04. The fraction of sp³-hybridized carbons (Fsp3) is 0.308. The predicted molar refractivity (Wildman–Crippen MR) is 60.0 cm³/mol. The molecule has 0 amide bonds. The van der Waals surface area contributed by atoms with E-state index < -0.39 is 0 Å². The van der Waals surface area contributed by atoms with Crippen molar-refractivity contribution in [2.75, 3.05) is 0 Å². The Balaban J connectivity index is 2.37. The van der Waals surface area contributed by atoms with Crippen LogP contribution in [0, 0.1) is 5.92 Å². The van der Waals surface area contributed by atoms with Crippen molar-refractivity contribution in [2.45, 2.75) is 19.8 Å². The van der Waals surface area contributed by atoms with Crippen molar-refractivity contribution in [2.24, 2.45) is 5.92 Å². The molecule has 0 fully saturated rings. The summed E-state index contributed by atoms with van der Waals surface area (Å²) < 4.78 is 0. The second-order valence-electron chi connectivity index (χ2n) is 3.32. The first-order valence-electron chi connectivity index (χ1n) is 5.00. The lowest BCUT2D eigenvalue weighted by Crippen LogP contribution is -2.04. The van der Waals surface area contributed by atoms with E-state index in [1.165, 1.54) is 0 Å². The van der Waals surface area contributed by atoms with E-state index in [4.69, 9.17) is 0 Å². The molecular formula is C13H16O. The molecule has 1 unspecified atom stereocenters. The number of carbonyl (C=O) groups excluding carboxylic acids is 1. The molecule has 0 heterocycles.